The van der Waals surface area contributed by atoms with Gasteiger partial charge in [0.15, 0.2) is 0 Å². The molecule has 3 heterocycles. The van der Waals surface area contributed by atoms with Crippen molar-refractivity contribution in [1.29, 1.82) is 0 Å². The fourth-order valence-corrected chi connectivity index (χ4v) is 15.0. The van der Waals surface area contributed by atoms with Gasteiger partial charge in [-0.3, -0.25) is 52.7 Å². The van der Waals surface area contributed by atoms with Crippen molar-refractivity contribution in [2.75, 3.05) is 75.1 Å². The van der Waals surface area contributed by atoms with E-state index in [-0.39, 0.29) is 82.5 Å². The zero-order valence-electron chi connectivity index (χ0n) is 60.5. The van der Waals surface area contributed by atoms with Crippen LogP contribution < -0.4 is 16.0 Å². The Labute approximate surface area is 599 Å². The molecule has 4 N–H and O–H groups in total. The summed E-state index contributed by atoms with van der Waals surface area (Å²) in [6, 6.07) is -3.01. The van der Waals surface area contributed by atoms with Gasteiger partial charge in [-0.05, 0) is 124 Å². The highest BCUT2D eigenvalue weighted by Crippen LogP contribution is 2.39. The van der Waals surface area contributed by atoms with Gasteiger partial charge in [0.1, 0.15) is 59.7 Å². The maximum atomic E-state index is 15.4. The summed E-state index contributed by atoms with van der Waals surface area (Å²) in [5, 5.41) is 18.7. The molecule has 1 spiro atoms. The lowest BCUT2D eigenvalue weighted by molar-refractivity contribution is -0.159. The molecule has 3 aliphatic heterocycles. The molecule has 5 fully saturated rings. The molecule has 10 atom stereocenters. The van der Waals surface area contributed by atoms with E-state index in [1.54, 1.807) is 34.6 Å². The Bertz CT molecular complexity index is 3390. The summed E-state index contributed by atoms with van der Waals surface area (Å²) in [5.41, 5.74) is -2.12. The van der Waals surface area contributed by atoms with Gasteiger partial charge >= 0.3 is 12.1 Å². The summed E-state index contributed by atoms with van der Waals surface area (Å²) in [6.07, 6.45) is -2.40. The van der Waals surface area contributed by atoms with E-state index in [2.05, 4.69) is 16.0 Å². The van der Waals surface area contributed by atoms with E-state index in [0.29, 0.717) is 63.4 Å². The van der Waals surface area contributed by atoms with Crippen LogP contribution in [0.5, 0.6) is 0 Å². The van der Waals surface area contributed by atoms with E-state index in [0.717, 1.165) is 31.7 Å². The lowest BCUT2D eigenvalue weighted by Gasteiger charge is -2.46. The van der Waals surface area contributed by atoms with Crippen molar-refractivity contribution in [3.05, 3.63) is 70.0 Å². The number of benzene rings is 2. The van der Waals surface area contributed by atoms with Crippen LogP contribution >= 0.6 is 11.6 Å². The first-order valence-corrected chi connectivity index (χ1v) is 35.9. The number of carbonyl (C=O) groups excluding carboxylic acids is 11. The zero-order chi connectivity index (χ0) is 75.4. The van der Waals surface area contributed by atoms with Gasteiger partial charge < -0.3 is 65.0 Å². The molecular formula is C72H102ClF4N11O14. The average molecular weight is 1460 g/mol. The Morgan fingerprint density at radius 2 is 1.32 bits per heavy atom. The number of rotatable bonds is 13. The van der Waals surface area contributed by atoms with Crippen LogP contribution in [0.15, 0.2) is 42.5 Å². The second-order valence-electron chi connectivity index (χ2n) is 28.8. The summed E-state index contributed by atoms with van der Waals surface area (Å²) in [6.45, 7) is 7.36. The van der Waals surface area contributed by atoms with Crippen molar-refractivity contribution in [2.45, 2.75) is 216 Å². The van der Waals surface area contributed by atoms with Crippen molar-refractivity contribution < 1.29 is 84.9 Å². The third-order valence-corrected chi connectivity index (χ3v) is 21.5. The number of likely N-dealkylation sites (N-methyl/N-ethyl adjacent to an activating group) is 6. The van der Waals surface area contributed by atoms with Gasteiger partial charge in [-0.25, -0.2) is 9.18 Å². The van der Waals surface area contributed by atoms with Crippen LogP contribution in [0.1, 0.15) is 154 Å². The normalized spacial score (nSPS) is 26.6. The number of ether oxygens (including phenoxy) is 1. The smallest absolute Gasteiger partial charge is 0.417 e. The first-order valence-electron chi connectivity index (χ1n) is 35.6. The third kappa shape index (κ3) is 19.7. The number of nitrogens with zero attached hydrogens (tertiary/aromatic N) is 8. The number of alkyl halides is 3. The first-order chi connectivity index (χ1) is 48.0. The molecule has 5 aliphatic rings. The minimum Gasteiger partial charge on any atom is -0.480 e. The van der Waals surface area contributed by atoms with Crippen LogP contribution in [-0.4, -0.2) is 250 Å². The second-order valence-corrected chi connectivity index (χ2v) is 29.2. The van der Waals surface area contributed by atoms with Gasteiger partial charge in [-0.2, -0.15) is 13.2 Å². The minimum absolute atomic E-state index is 0.00997. The SMILES string of the molecule is CCO[C@@H]1C[C@H]2C(=O)NC3(CCC3)C(=O)N(C)[C@@H](C3CCCC3)C(=O)N(C)[C@H](C(=O)O)CC(=O)N(C)[C@@H](CC(C)C)C(=O)N[C@@H]([C@@H](C)CC)C(=O)N(C)CC(=O)N(C)[C@H]3CCCCCN(C3=O)[C@@H](Cc3ccc(F)cc3)C(=O)N(C)CC(=O)N[C@@H](CCc3ccc(C(F)(F)F)c(Cl)c3)C(=O)N2C1. The Morgan fingerprint density at radius 3 is 1.91 bits per heavy atom. The molecule has 564 valence electrons. The highest BCUT2D eigenvalue weighted by atomic mass is 35.5. The minimum atomic E-state index is -4.81. The number of fused-ring (bicyclic) bond motifs is 3. The summed E-state index contributed by atoms with van der Waals surface area (Å²) in [4.78, 5) is 187. The molecule has 3 saturated heterocycles. The monoisotopic (exact) mass is 1460 g/mol. The fourth-order valence-electron chi connectivity index (χ4n) is 14.7. The molecule has 0 aromatic heterocycles. The van der Waals surface area contributed by atoms with E-state index >= 15 is 28.8 Å². The van der Waals surface area contributed by atoms with Gasteiger partial charge in [0, 0.05) is 74.8 Å². The van der Waals surface area contributed by atoms with Crippen molar-refractivity contribution in [3.63, 3.8) is 0 Å². The van der Waals surface area contributed by atoms with Gasteiger partial charge in [-0.15, -0.1) is 0 Å². The number of nitrogens with one attached hydrogen (secondary N) is 3. The quantitative estimate of drug-likeness (QED) is 0.181. The van der Waals surface area contributed by atoms with Crippen LogP contribution in [0.25, 0.3) is 0 Å². The van der Waals surface area contributed by atoms with E-state index < -0.39 is 185 Å². The molecule has 2 bridgehead atoms. The maximum absolute atomic E-state index is 15.4. The van der Waals surface area contributed by atoms with Crippen molar-refractivity contribution in [2.24, 2.45) is 17.8 Å². The molecule has 2 aromatic carbocycles. The van der Waals surface area contributed by atoms with Crippen molar-refractivity contribution in [3.8, 4) is 0 Å². The highest BCUT2D eigenvalue weighted by Gasteiger charge is 2.54. The Hall–Kier alpha value is -7.95. The molecule has 2 saturated carbocycles. The summed E-state index contributed by atoms with van der Waals surface area (Å²) < 4.78 is 62.3. The van der Waals surface area contributed by atoms with E-state index in [1.807, 2.05) is 0 Å². The number of hydrogen-bond acceptors (Lipinski definition) is 13. The molecular weight excluding hydrogens is 1350 g/mol. The van der Waals surface area contributed by atoms with E-state index in [9.17, 15) is 51.4 Å². The highest BCUT2D eigenvalue weighted by molar-refractivity contribution is 6.31. The van der Waals surface area contributed by atoms with Crippen LogP contribution in [-0.2, 0) is 81.3 Å². The summed E-state index contributed by atoms with van der Waals surface area (Å²) >= 11 is 6.16. The lowest BCUT2D eigenvalue weighted by Crippen LogP contribution is -2.68. The fraction of sp³-hybridized carbons (Fsp3) is 0.667. The van der Waals surface area contributed by atoms with Crippen LogP contribution in [0.4, 0.5) is 17.6 Å². The van der Waals surface area contributed by atoms with Gasteiger partial charge in [0.05, 0.1) is 36.2 Å². The predicted octanol–water partition coefficient (Wildman–Crippen LogP) is 5.45. The zero-order valence-corrected chi connectivity index (χ0v) is 61.2. The Morgan fingerprint density at radius 1 is 0.686 bits per heavy atom. The van der Waals surface area contributed by atoms with E-state index in [4.69, 9.17) is 16.3 Å². The molecule has 102 heavy (non-hydrogen) atoms. The van der Waals surface area contributed by atoms with Crippen LogP contribution in [0, 0.1) is 23.6 Å². The molecule has 2 aliphatic carbocycles. The number of halogens is 5. The van der Waals surface area contributed by atoms with Crippen molar-refractivity contribution >= 4 is 82.5 Å². The number of aryl methyl sites for hydroxylation is 1. The Kier molecular flexibility index (Phi) is 28.3. The predicted molar refractivity (Wildman–Crippen MR) is 368 cm³/mol. The molecule has 7 rings (SSSR count). The number of amides is 11. The topological polar surface area (TPSA) is 296 Å². The van der Waals surface area contributed by atoms with Crippen LogP contribution in [0.2, 0.25) is 5.02 Å². The molecule has 0 radical (unpaired) electrons. The number of carboxylic acids is 1. The molecule has 0 unspecified atom stereocenters. The molecule has 11 amide bonds. The third-order valence-electron chi connectivity index (χ3n) is 21.2. The first kappa shape index (κ1) is 81.3. The number of aliphatic carboxylic acids is 1. The van der Waals surface area contributed by atoms with Crippen LogP contribution in [0.3, 0.4) is 0 Å². The van der Waals surface area contributed by atoms with Gasteiger partial charge in [-0.1, -0.05) is 89.6 Å². The number of carboxylic acid groups (broad SMARTS) is 1. The van der Waals surface area contributed by atoms with Crippen molar-refractivity contribution in [1.82, 2.24) is 55.1 Å². The number of hydrogen-bond donors (Lipinski definition) is 4. The summed E-state index contributed by atoms with van der Waals surface area (Å²) in [5.74, 6) is -11.9. The van der Waals surface area contributed by atoms with E-state index in [1.165, 1.54) is 92.2 Å². The standard InChI is InChI=1S/C72H102ClF4N11O14/c1-12-43(5)60-67(97)82(7)41-59(91)83(8)52-22-15-14-18-33-87(66(52)96)55(36-45-23-27-47(74)28-24-45)65(95)81(6)40-57(89)78-51(30-26-44-25-29-49(50(73)35-44)72(75,76)77)64(94)88-39-48(102-13-2)37-54(88)63(93)80-71(31-19-32-71)70(101)86(11)61(46-20-16-17-21-46)68(98)85(10)56(69(99)100)38-58(90)84(9)53(34-42(3)4)62(92)79-60/h23-25,27-29,35,42-43,46,48,51-56,60-61H,12-22,26,30-34,36-41H2,1-11H3,(H,78,89)(H,79,92)(H,80,93)(H,99,100)/t43-,48+,51-,52-,53-,54-,55-,56-,60-,61-/m0/s1. The Balaban J connectivity index is 1.32. The average Bonchev–Trinajstić information content (AvgIpc) is 1.23. The van der Waals surface area contributed by atoms with Gasteiger partial charge in [0.25, 0.3) is 0 Å². The number of carbonyl (C=O) groups is 12. The molecule has 2 aromatic rings. The summed E-state index contributed by atoms with van der Waals surface area (Å²) in [7, 11) is 7.97. The second kappa shape index (κ2) is 35.5. The maximum Gasteiger partial charge on any atom is 0.417 e. The van der Waals surface area contributed by atoms with Gasteiger partial charge in [0.2, 0.25) is 65.0 Å². The molecule has 30 heteroatoms. The molecule has 25 nitrogen and oxygen atoms in total. The largest absolute Gasteiger partial charge is 0.480 e. The lowest BCUT2D eigenvalue weighted by atomic mass is 9.74.